The molecule has 0 aliphatic carbocycles. The highest BCUT2D eigenvalue weighted by Crippen LogP contribution is 2.23. The summed E-state index contributed by atoms with van der Waals surface area (Å²) in [6, 6.07) is 8.48. The molecule has 0 spiro atoms. The molecule has 8 heteroatoms. The minimum absolute atomic E-state index is 0.0622. The number of hydrogen-bond acceptors (Lipinski definition) is 3. The average molecular weight is 435 g/mol. The number of anilines is 1. The highest BCUT2D eigenvalue weighted by Gasteiger charge is 2.21. The molecular weight excluding hydrogens is 424 g/mol. The van der Waals surface area contributed by atoms with Gasteiger partial charge in [0.25, 0.3) is 5.91 Å². The summed E-state index contributed by atoms with van der Waals surface area (Å²) in [7, 11) is 0. The molecule has 0 aromatic heterocycles. The maximum Gasteiger partial charge on any atom is 0.340 e. The zero-order valence-electron chi connectivity index (χ0n) is 12.3. The van der Waals surface area contributed by atoms with E-state index in [0.717, 1.165) is 6.07 Å². The molecule has 0 heterocycles. The van der Waals surface area contributed by atoms with Crippen molar-refractivity contribution in [1.29, 1.82) is 0 Å². The molecule has 0 saturated carbocycles. The highest BCUT2D eigenvalue weighted by atomic mass is 79.9. The van der Waals surface area contributed by atoms with Gasteiger partial charge in [0.15, 0.2) is 6.10 Å². The number of benzene rings is 2. The van der Waals surface area contributed by atoms with E-state index in [2.05, 4.69) is 21.2 Å². The van der Waals surface area contributed by atoms with Gasteiger partial charge >= 0.3 is 5.97 Å². The van der Waals surface area contributed by atoms with Crippen molar-refractivity contribution in [2.75, 3.05) is 5.32 Å². The molecule has 4 nitrogen and oxygen atoms in total. The molecule has 24 heavy (non-hydrogen) atoms. The Bertz CT molecular complexity index is 801. The molecule has 2 aromatic rings. The van der Waals surface area contributed by atoms with Crippen LogP contribution in [0.2, 0.25) is 10.0 Å². The van der Waals surface area contributed by atoms with Crippen molar-refractivity contribution in [3.63, 3.8) is 0 Å². The van der Waals surface area contributed by atoms with E-state index in [1.807, 2.05) is 0 Å². The van der Waals surface area contributed by atoms with E-state index in [9.17, 15) is 14.0 Å². The van der Waals surface area contributed by atoms with E-state index in [4.69, 9.17) is 27.9 Å². The molecule has 0 aliphatic heterocycles. The Kier molecular flexibility index (Phi) is 6.21. The highest BCUT2D eigenvalue weighted by molar-refractivity contribution is 9.10. The standard InChI is InChI=1S/C16H11BrCl2FNO3/c1-8(15(22)21-14-5-3-10(18)7-13(14)20)24-16(23)11-6-9(17)2-4-12(11)19/h2-8H,1H3,(H,21,22). The number of nitrogens with one attached hydrogen (secondary N) is 1. The molecule has 0 saturated heterocycles. The lowest BCUT2D eigenvalue weighted by atomic mass is 10.2. The third-order valence-electron chi connectivity index (χ3n) is 2.99. The van der Waals surface area contributed by atoms with Crippen molar-refractivity contribution in [1.82, 2.24) is 0 Å². The lowest BCUT2D eigenvalue weighted by molar-refractivity contribution is -0.123. The fourth-order valence-electron chi connectivity index (χ4n) is 1.76. The quantitative estimate of drug-likeness (QED) is 0.682. The fraction of sp³-hybridized carbons (Fsp3) is 0.125. The van der Waals surface area contributed by atoms with Crippen LogP contribution < -0.4 is 5.32 Å². The SMILES string of the molecule is CC(OC(=O)c1cc(Br)ccc1Cl)C(=O)Nc1ccc(Cl)cc1F. The maximum absolute atomic E-state index is 13.7. The first-order valence-corrected chi connectivity index (χ1v) is 8.25. The number of carbonyl (C=O) groups is 2. The smallest absolute Gasteiger partial charge is 0.340 e. The summed E-state index contributed by atoms with van der Waals surface area (Å²) in [6.45, 7) is 1.37. The van der Waals surface area contributed by atoms with Crippen molar-refractivity contribution in [2.24, 2.45) is 0 Å². The Morgan fingerprint density at radius 3 is 2.58 bits per heavy atom. The predicted octanol–water partition coefficient (Wildman–Crippen LogP) is 5.08. The van der Waals surface area contributed by atoms with E-state index < -0.39 is 23.8 Å². The first-order valence-electron chi connectivity index (χ1n) is 6.70. The summed E-state index contributed by atoms with van der Waals surface area (Å²) >= 11 is 14.8. The molecule has 0 bridgehead atoms. The summed E-state index contributed by atoms with van der Waals surface area (Å²) in [5.41, 5.74) is 0.0520. The number of amides is 1. The van der Waals surface area contributed by atoms with Gasteiger partial charge in [0.05, 0.1) is 16.3 Å². The molecule has 0 radical (unpaired) electrons. The third kappa shape index (κ3) is 4.69. The van der Waals surface area contributed by atoms with Crippen molar-refractivity contribution >= 4 is 56.7 Å². The van der Waals surface area contributed by atoms with E-state index in [0.29, 0.717) is 4.47 Å². The van der Waals surface area contributed by atoms with Crippen LogP contribution in [-0.4, -0.2) is 18.0 Å². The van der Waals surface area contributed by atoms with Crippen LogP contribution in [0, 0.1) is 5.82 Å². The van der Waals surface area contributed by atoms with E-state index >= 15 is 0 Å². The molecule has 1 amide bonds. The van der Waals surface area contributed by atoms with Crippen LogP contribution in [0.25, 0.3) is 0 Å². The second-order valence-corrected chi connectivity index (χ2v) is 6.54. The lowest BCUT2D eigenvalue weighted by Gasteiger charge is -2.14. The van der Waals surface area contributed by atoms with Gasteiger partial charge in [-0.3, -0.25) is 4.79 Å². The van der Waals surface area contributed by atoms with Gasteiger partial charge in [-0.25, -0.2) is 9.18 Å². The normalized spacial score (nSPS) is 11.7. The number of carbonyl (C=O) groups excluding carboxylic acids is 2. The molecule has 2 rings (SSSR count). The van der Waals surface area contributed by atoms with Crippen molar-refractivity contribution in [2.45, 2.75) is 13.0 Å². The number of halogens is 4. The van der Waals surface area contributed by atoms with Crippen LogP contribution in [0.4, 0.5) is 10.1 Å². The van der Waals surface area contributed by atoms with Crippen molar-refractivity contribution in [3.05, 3.63) is 62.3 Å². The molecule has 2 aromatic carbocycles. The first-order chi connectivity index (χ1) is 11.3. The zero-order valence-corrected chi connectivity index (χ0v) is 15.4. The Morgan fingerprint density at radius 2 is 1.92 bits per heavy atom. The number of hydrogen-bond donors (Lipinski definition) is 1. The van der Waals surface area contributed by atoms with Gasteiger partial charge in [0, 0.05) is 9.50 Å². The minimum Gasteiger partial charge on any atom is -0.449 e. The van der Waals surface area contributed by atoms with Crippen LogP contribution in [0.5, 0.6) is 0 Å². The maximum atomic E-state index is 13.7. The molecule has 1 N–H and O–H groups in total. The summed E-state index contributed by atoms with van der Waals surface area (Å²) in [6.07, 6.45) is -1.15. The van der Waals surface area contributed by atoms with Crippen LogP contribution in [-0.2, 0) is 9.53 Å². The first kappa shape index (κ1) is 18.7. The Balaban J connectivity index is 2.05. The third-order valence-corrected chi connectivity index (χ3v) is 4.05. The van der Waals surface area contributed by atoms with Gasteiger partial charge in [0.1, 0.15) is 5.82 Å². The molecule has 1 unspecified atom stereocenters. The van der Waals surface area contributed by atoms with Crippen molar-refractivity contribution < 1.29 is 18.7 Å². The van der Waals surface area contributed by atoms with Gasteiger partial charge < -0.3 is 10.1 Å². The summed E-state index contributed by atoms with van der Waals surface area (Å²) < 4.78 is 19.4. The van der Waals surface area contributed by atoms with Gasteiger partial charge in [-0.1, -0.05) is 39.1 Å². The van der Waals surface area contributed by atoms with Gasteiger partial charge in [0.2, 0.25) is 0 Å². The largest absolute Gasteiger partial charge is 0.449 e. The zero-order chi connectivity index (χ0) is 17.9. The lowest BCUT2D eigenvalue weighted by Crippen LogP contribution is -2.30. The topological polar surface area (TPSA) is 55.4 Å². The number of ether oxygens (including phenoxy) is 1. The Hall–Kier alpha value is -1.63. The average Bonchev–Trinajstić information content (AvgIpc) is 2.52. The molecular formula is C16H11BrCl2FNO3. The summed E-state index contributed by atoms with van der Waals surface area (Å²) in [5.74, 6) is -2.14. The Morgan fingerprint density at radius 1 is 1.21 bits per heavy atom. The molecule has 1 atom stereocenters. The van der Waals surface area contributed by atoms with E-state index in [1.54, 1.807) is 6.07 Å². The predicted molar refractivity (Wildman–Crippen MR) is 94.1 cm³/mol. The van der Waals surface area contributed by atoms with Crippen LogP contribution >= 0.6 is 39.1 Å². The minimum atomic E-state index is -1.15. The number of esters is 1. The van der Waals surface area contributed by atoms with Crippen molar-refractivity contribution in [3.8, 4) is 0 Å². The van der Waals surface area contributed by atoms with Gasteiger partial charge in [-0.05, 0) is 43.3 Å². The number of rotatable bonds is 4. The summed E-state index contributed by atoms with van der Waals surface area (Å²) in [4.78, 5) is 24.1. The van der Waals surface area contributed by atoms with E-state index in [1.165, 1.54) is 31.2 Å². The fourth-order valence-corrected chi connectivity index (χ4v) is 2.47. The van der Waals surface area contributed by atoms with Crippen LogP contribution in [0.15, 0.2) is 40.9 Å². The molecule has 0 fully saturated rings. The monoisotopic (exact) mass is 433 g/mol. The Labute approximate surface area is 156 Å². The van der Waals surface area contributed by atoms with Crippen LogP contribution in [0.1, 0.15) is 17.3 Å². The van der Waals surface area contributed by atoms with E-state index in [-0.39, 0.29) is 21.3 Å². The van der Waals surface area contributed by atoms with Gasteiger partial charge in [-0.15, -0.1) is 0 Å². The summed E-state index contributed by atoms with van der Waals surface area (Å²) in [5, 5.41) is 2.73. The van der Waals surface area contributed by atoms with Gasteiger partial charge in [-0.2, -0.15) is 0 Å². The second-order valence-electron chi connectivity index (χ2n) is 4.79. The second kappa shape index (κ2) is 7.96. The molecule has 126 valence electrons. The van der Waals surface area contributed by atoms with Crippen LogP contribution in [0.3, 0.4) is 0 Å². The molecule has 0 aliphatic rings.